The Morgan fingerprint density at radius 3 is 2.56 bits per heavy atom. The summed E-state index contributed by atoms with van der Waals surface area (Å²) in [6, 6.07) is 6.34. The summed E-state index contributed by atoms with van der Waals surface area (Å²) in [4.78, 5) is 14.4. The molecule has 1 aromatic rings. The van der Waals surface area contributed by atoms with Gasteiger partial charge in [0.05, 0.1) is 0 Å². The predicted molar refractivity (Wildman–Crippen MR) is 75.1 cm³/mol. The van der Waals surface area contributed by atoms with E-state index in [1.807, 2.05) is 44.1 Å². The molecule has 3 nitrogen and oxygen atoms in total. The second-order valence-corrected chi connectivity index (χ2v) is 5.13. The molecule has 0 radical (unpaired) electrons. The number of nitrogens with zero attached hydrogens (tertiary/aromatic N) is 1. The van der Waals surface area contributed by atoms with E-state index in [2.05, 4.69) is 5.32 Å². The van der Waals surface area contributed by atoms with Crippen LogP contribution in [0, 0.1) is 6.92 Å². The zero-order valence-electron chi connectivity index (χ0n) is 11.5. The molecule has 0 aliphatic heterocycles. The minimum atomic E-state index is 0.155. The number of nitrogens with one attached hydrogen (secondary N) is 1. The van der Waals surface area contributed by atoms with Crippen LogP contribution in [0.4, 0.5) is 5.69 Å². The fourth-order valence-corrected chi connectivity index (χ4v) is 2.71. The third-order valence-electron chi connectivity index (χ3n) is 3.94. The monoisotopic (exact) mass is 246 g/mol. The van der Waals surface area contributed by atoms with Crippen LogP contribution in [0.3, 0.4) is 0 Å². The molecule has 98 valence electrons. The van der Waals surface area contributed by atoms with Gasteiger partial charge in [-0.25, -0.2) is 0 Å². The maximum absolute atomic E-state index is 12.5. The minimum absolute atomic E-state index is 0.155. The van der Waals surface area contributed by atoms with Gasteiger partial charge in [-0.1, -0.05) is 12.8 Å². The molecule has 1 aliphatic rings. The fourth-order valence-electron chi connectivity index (χ4n) is 2.71. The third kappa shape index (κ3) is 2.50. The first-order valence-electron chi connectivity index (χ1n) is 6.69. The van der Waals surface area contributed by atoms with Gasteiger partial charge in [-0.05, 0) is 43.5 Å². The number of aryl methyl sites for hydroxylation is 1. The molecule has 3 heteroatoms. The molecule has 1 saturated carbocycles. The van der Waals surface area contributed by atoms with Gasteiger partial charge in [0, 0.05) is 31.4 Å². The standard InChI is InChI=1S/C15H22N2O/c1-11-10-12(16-2)8-9-14(11)15(18)17(3)13-6-4-5-7-13/h8-10,13,16H,4-7H2,1-3H3. The van der Waals surface area contributed by atoms with Gasteiger partial charge in [-0.3, -0.25) is 4.79 Å². The predicted octanol–water partition coefficient (Wildman–Crippen LogP) is 3.05. The number of anilines is 1. The molecule has 0 aromatic heterocycles. The van der Waals surface area contributed by atoms with E-state index in [0.29, 0.717) is 6.04 Å². The zero-order chi connectivity index (χ0) is 13.1. The smallest absolute Gasteiger partial charge is 0.254 e. The Balaban J connectivity index is 2.17. The van der Waals surface area contributed by atoms with Crippen LogP contribution in [-0.4, -0.2) is 30.9 Å². The number of carbonyl (C=O) groups excluding carboxylic acids is 1. The molecule has 1 fully saturated rings. The third-order valence-corrected chi connectivity index (χ3v) is 3.94. The van der Waals surface area contributed by atoms with E-state index >= 15 is 0 Å². The Morgan fingerprint density at radius 1 is 1.33 bits per heavy atom. The van der Waals surface area contributed by atoms with Gasteiger partial charge in [-0.2, -0.15) is 0 Å². The highest BCUT2D eigenvalue weighted by Gasteiger charge is 2.24. The van der Waals surface area contributed by atoms with Crippen molar-refractivity contribution < 1.29 is 4.79 Å². The van der Waals surface area contributed by atoms with Crippen molar-refractivity contribution in [3.05, 3.63) is 29.3 Å². The van der Waals surface area contributed by atoms with Crippen molar-refractivity contribution in [2.24, 2.45) is 0 Å². The summed E-state index contributed by atoms with van der Waals surface area (Å²) in [6.07, 6.45) is 4.80. The molecule has 0 heterocycles. The lowest BCUT2D eigenvalue weighted by Gasteiger charge is -2.25. The van der Waals surface area contributed by atoms with E-state index < -0.39 is 0 Å². The Kier molecular flexibility index (Phi) is 3.90. The first kappa shape index (κ1) is 12.9. The molecular weight excluding hydrogens is 224 g/mol. The van der Waals surface area contributed by atoms with E-state index in [-0.39, 0.29) is 5.91 Å². The number of benzene rings is 1. The molecule has 1 aliphatic carbocycles. The van der Waals surface area contributed by atoms with E-state index in [1.165, 1.54) is 12.8 Å². The molecule has 1 aromatic carbocycles. The fraction of sp³-hybridized carbons (Fsp3) is 0.533. The molecule has 0 bridgehead atoms. The average molecular weight is 246 g/mol. The largest absolute Gasteiger partial charge is 0.388 e. The Morgan fingerprint density at radius 2 is 2.00 bits per heavy atom. The lowest BCUT2D eigenvalue weighted by molar-refractivity contribution is 0.0734. The molecule has 1 amide bonds. The maximum Gasteiger partial charge on any atom is 0.254 e. The Hall–Kier alpha value is -1.51. The number of carbonyl (C=O) groups is 1. The van der Waals surface area contributed by atoms with E-state index in [0.717, 1.165) is 29.7 Å². The van der Waals surface area contributed by atoms with Gasteiger partial charge in [0.1, 0.15) is 0 Å². The minimum Gasteiger partial charge on any atom is -0.388 e. The summed E-state index contributed by atoms with van der Waals surface area (Å²) >= 11 is 0. The maximum atomic E-state index is 12.5. The van der Waals surface area contributed by atoms with Gasteiger partial charge in [-0.15, -0.1) is 0 Å². The number of hydrogen-bond acceptors (Lipinski definition) is 2. The lowest BCUT2D eigenvalue weighted by Crippen LogP contribution is -2.35. The van der Waals surface area contributed by atoms with Gasteiger partial charge in [0.25, 0.3) is 5.91 Å². The topological polar surface area (TPSA) is 32.3 Å². The van der Waals surface area contributed by atoms with E-state index in [1.54, 1.807) is 0 Å². The van der Waals surface area contributed by atoms with Gasteiger partial charge in [0.2, 0.25) is 0 Å². The zero-order valence-corrected chi connectivity index (χ0v) is 11.5. The summed E-state index contributed by atoms with van der Waals surface area (Å²) in [5.41, 5.74) is 2.91. The van der Waals surface area contributed by atoms with Crippen molar-refractivity contribution in [3.63, 3.8) is 0 Å². The Bertz CT molecular complexity index is 436. The van der Waals surface area contributed by atoms with Crippen molar-refractivity contribution in [2.75, 3.05) is 19.4 Å². The van der Waals surface area contributed by atoms with Crippen LogP contribution in [0.25, 0.3) is 0 Å². The number of rotatable bonds is 3. The first-order valence-corrected chi connectivity index (χ1v) is 6.69. The van der Waals surface area contributed by atoms with E-state index in [4.69, 9.17) is 0 Å². The van der Waals surface area contributed by atoms with Crippen molar-refractivity contribution >= 4 is 11.6 Å². The van der Waals surface area contributed by atoms with Crippen LogP contribution in [0.1, 0.15) is 41.6 Å². The van der Waals surface area contributed by atoms with Crippen molar-refractivity contribution in [1.82, 2.24) is 4.90 Å². The van der Waals surface area contributed by atoms with Gasteiger partial charge in [0.15, 0.2) is 0 Å². The molecule has 0 unspecified atom stereocenters. The van der Waals surface area contributed by atoms with Gasteiger partial charge >= 0.3 is 0 Å². The number of amides is 1. The molecule has 1 N–H and O–H groups in total. The number of hydrogen-bond donors (Lipinski definition) is 1. The normalized spacial score (nSPS) is 15.7. The van der Waals surface area contributed by atoms with Crippen LogP contribution in [0.2, 0.25) is 0 Å². The van der Waals surface area contributed by atoms with Crippen LogP contribution in [-0.2, 0) is 0 Å². The summed E-state index contributed by atoms with van der Waals surface area (Å²) in [5, 5.41) is 3.09. The average Bonchev–Trinajstić information content (AvgIpc) is 2.90. The SMILES string of the molecule is CNc1ccc(C(=O)N(C)C2CCCC2)c(C)c1. The first-order chi connectivity index (χ1) is 8.63. The highest BCUT2D eigenvalue weighted by molar-refractivity contribution is 5.96. The Labute approximate surface area is 109 Å². The highest BCUT2D eigenvalue weighted by Crippen LogP contribution is 2.25. The molecule has 2 rings (SSSR count). The summed E-state index contributed by atoms with van der Waals surface area (Å²) in [6.45, 7) is 2.00. The van der Waals surface area contributed by atoms with Crippen molar-refractivity contribution in [1.29, 1.82) is 0 Å². The van der Waals surface area contributed by atoms with Crippen LogP contribution in [0.5, 0.6) is 0 Å². The van der Waals surface area contributed by atoms with Crippen LogP contribution < -0.4 is 5.32 Å². The quantitative estimate of drug-likeness (QED) is 0.889. The molecule has 0 saturated heterocycles. The lowest BCUT2D eigenvalue weighted by atomic mass is 10.1. The van der Waals surface area contributed by atoms with Crippen molar-refractivity contribution in [2.45, 2.75) is 38.6 Å². The van der Waals surface area contributed by atoms with Crippen LogP contribution in [0.15, 0.2) is 18.2 Å². The van der Waals surface area contributed by atoms with Gasteiger partial charge < -0.3 is 10.2 Å². The highest BCUT2D eigenvalue weighted by atomic mass is 16.2. The molecule has 0 atom stereocenters. The summed E-state index contributed by atoms with van der Waals surface area (Å²) in [5.74, 6) is 0.155. The second-order valence-electron chi connectivity index (χ2n) is 5.13. The molecule has 0 spiro atoms. The molecule has 18 heavy (non-hydrogen) atoms. The van der Waals surface area contributed by atoms with Crippen LogP contribution >= 0.6 is 0 Å². The second kappa shape index (κ2) is 5.42. The van der Waals surface area contributed by atoms with Crippen molar-refractivity contribution in [3.8, 4) is 0 Å². The molecular formula is C15H22N2O. The summed E-state index contributed by atoms with van der Waals surface area (Å²) in [7, 11) is 3.82. The summed E-state index contributed by atoms with van der Waals surface area (Å²) < 4.78 is 0. The van der Waals surface area contributed by atoms with E-state index in [9.17, 15) is 4.79 Å².